The van der Waals surface area contributed by atoms with Gasteiger partial charge in [0.1, 0.15) is 24.4 Å². The maximum Gasteiger partial charge on any atom is 0.253 e. The van der Waals surface area contributed by atoms with Crippen LogP contribution in [0.4, 0.5) is 0 Å². The fraction of sp³-hybridized carbons (Fsp3) is 0.636. The van der Waals surface area contributed by atoms with Crippen molar-refractivity contribution in [2.24, 2.45) is 5.41 Å². The molecule has 40 heteroatoms. The highest BCUT2D eigenvalue weighted by molar-refractivity contribution is 6.13. The molecule has 0 aromatic heterocycles. The van der Waals surface area contributed by atoms with E-state index in [-0.39, 0.29) is 51.4 Å². The quantitative estimate of drug-likeness (QED) is 0.0235. The Balaban J connectivity index is 2.22. The Morgan fingerprint density at radius 1 is 0.548 bits per heavy atom. The highest BCUT2D eigenvalue weighted by atomic mass is 18.0. The summed E-state index contributed by atoms with van der Waals surface area (Å²) in [4.78, 5) is 74.4. The lowest BCUT2D eigenvalue weighted by atomic mass is 9.84. The number of rotatable bonds is 49. The zero-order valence-electron chi connectivity index (χ0n) is 31.0. The lowest BCUT2D eigenvalue weighted by molar-refractivity contribution is -0.870. The van der Waals surface area contributed by atoms with Gasteiger partial charge in [0.05, 0.1) is 52.7 Å². The number of carbonyl (C=O) groups excluding carboxylic acids is 4. The lowest BCUT2D eigenvalue weighted by Gasteiger charge is -2.28. The molecule has 1 N–H and O–H groups in total. The van der Waals surface area contributed by atoms with Gasteiger partial charge < -0.3 is 14.7 Å². The maximum absolute atomic E-state index is 12.7. The van der Waals surface area contributed by atoms with Gasteiger partial charge in [0.2, 0.25) is 0 Å². The summed E-state index contributed by atoms with van der Waals surface area (Å²) >= 11 is 0. The second kappa shape index (κ2) is 41.4. The average molecular weight is 935 g/mol. The standard InChI is InChI=1S/C22H33NO39/c1-29-36-42-48-53-57-61-59-55-51-46-40-34-16-22(15-24,17-35-41-47-52-56-60-62-58-54-49-43-37-30-2)14-19(26)8-11-31-12-13-33-39-45-50-44-38-32-10-3-4-18(25)7-9-23-20(27)5-6-21(23)28/h3,5-6,10,24H,4,7-9,11-17H2,1-2H3/b10-3+. The zero-order chi connectivity index (χ0) is 45.0. The molecule has 40 nitrogen and oxygen atoms in total. The fourth-order valence-electron chi connectivity index (χ4n) is 3.11. The number of hydrogen-bond donors (Lipinski definition) is 1. The molecule has 0 aromatic carbocycles. The second-order valence-corrected chi connectivity index (χ2v) is 9.37. The summed E-state index contributed by atoms with van der Waals surface area (Å²) in [5, 5.41) is 113. The van der Waals surface area contributed by atoms with Crippen LogP contribution in [0.25, 0.3) is 0 Å². The molecule has 0 bridgehead atoms. The van der Waals surface area contributed by atoms with Gasteiger partial charge in [-0.05, 0) is 127 Å². The summed E-state index contributed by atoms with van der Waals surface area (Å²) in [6, 6.07) is 0. The number of hydrogen-bond acceptors (Lipinski definition) is 39. The van der Waals surface area contributed by atoms with Gasteiger partial charge >= 0.3 is 0 Å². The molecule has 0 aliphatic carbocycles. The number of aliphatic hydroxyl groups excluding tert-OH is 1. The van der Waals surface area contributed by atoms with Crippen molar-refractivity contribution in [3.05, 3.63) is 24.5 Å². The molecular formula is C22H33NO39. The summed E-state index contributed by atoms with van der Waals surface area (Å²) in [5.41, 5.74) is -1.69. The number of amides is 2. The van der Waals surface area contributed by atoms with Crippen LogP contribution in [0.1, 0.15) is 25.7 Å². The summed E-state index contributed by atoms with van der Waals surface area (Å²) < 4.78 is 5.20. The van der Waals surface area contributed by atoms with Gasteiger partial charge in [-0.1, -0.05) is 0 Å². The summed E-state index contributed by atoms with van der Waals surface area (Å²) in [6.45, 7) is -2.97. The first-order chi connectivity index (χ1) is 30.4. The maximum atomic E-state index is 12.7. The van der Waals surface area contributed by atoms with Crippen molar-refractivity contribution in [3.8, 4) is 0 Å². The molecule has 0 saturated carbocycles. The number of Topliss-reactive ketones (excluding diaryl/α,β-unsaturated/α-hetero) is 2. The van der Waals surface area contributed by atoms with Crippen LogP contribution in [0.5, 0.6) is 0 Å². The fourth-order valence-corrected chi connectivity index (χ4v) is 3.11. The smallest absolute Gasteiger partial charge is 0.253 e. The molecule has 1 aliphatic rings. The van der Waals surface area contributed by atoms with E-state index in [4.69, 9.17) is 4.74 Å². The number of imide groups is 1. The molecule has 0 fully saturated rings. The van der Waals surface area contributed by atoms with Crippen molar-refractivity contribution in [2.75, 3.05) is 60.4 Å². The number of allylic oxidation sites excluding steroid dienone is 1. The van der Waals surface area contributed by atoms with Gasteiger partial charge in [0, 0.05) is 59.5 Å². The van der Waals surface area contributed by atoms with Crippen molar-refractivity contribution in [1.29, 1.82) is 0 Å². The molecular weight excluding hydrogens is 902 g/mol. The molecule has 360 valence electrons. The topological polar surface area (TPSA) is 406 Å². The van der Waals surface area contributed by atoms with Crippen molar-refractivity contribution in [1.82, 2.24) is 4.90 Å². The van der Waals surface area contributed by atoms with Gasteiger partial charge in [-0.15, -0.1) is 0 Å². The predicted octanol–water partition coefficient (Wildman–Crippen LogP) is -1.62. The first-order valence-corrected chi connectivity index (χ1v) is 15.4. The van der Waals surface area contributed by atoms with Crippen molar-refractivity contribution in [3.63, 3.8) is 0 Å². The molecule has 1 rings (SSSR count). The van der Waals surface area contributed by atoms with Gasteiger partial charge in [-0.3, -0.25) is 24.1 Å². The van der Waals surface area contributed by atoms with E-state index in [1.165, 1.54) is 6.08 Å². The van der Waals surface area contributed by atoms with E-state index in [9.17, 15) is 24.3 Å². The van der Waals surface area contributed by atoms with Crippen molar-refractivity contribution < 1.29 is 194 Å². The lowest BCUT2D eigenvalue weighted by Crippen LogP contribution is -2.38. The zero-order valence-corrected chi connectivity index (χ0v) is 31.0. The Bertz CT molecular complexity index is 1130. The largest absolute Gasteiger partial charge is 0.396 e. The van der Waals surface area contributed by atoms with Crippen LogP contribution in [0, 0.1) is 5.41 Å². The Kier molecular flexibility index (Phi) is 37.7. The Morgan fingerprint density at radius 2 is 0.984 bits per heavy atom. The van der Waals surface area contributed by atoms with Gasteiger partial charge in [0.15, 0.2) is 0 Å². The minimum atomic E-state index is -1.69. The van der Waals surface area contributed by atoms with Crippen LogP contribution in [-0.2, 0) is 189 Å². The third-order valence-electron chi connectivity index (χ3n) is 5.47. The molecule has 1 aliphatic heterocycles. The highest BCUT2D eigenvalue weighted by Gasteiger charge is 2.35. The minimum Gasteiger partial charge on any atom is -0.396 e. The summed E-state index contributed by atoms with van der Waals surface area (Å²) in [7, 11) is 2.13. The first-order valence-electron chi connectivity index (χ1n) is 15.4. The van der Waals surface area contributed by atoms with E-state index in [1.54, 1.807) is 0 Å². The number of nitrogens with zero attached hydrogens (tertiary/aromatic N) is 1. The summed E-state index contributed by atoms with van der Waals surface area (Å²) in [6.07, 6.45) is 3.42. The van der Waals surface area contributed by atoms with Crippen LogP contribution < -0.4 is 0 Å². The SMILES string of the molecule is COOOOOOOOOOOOOCC(CO)(COOOOOOOOOOOOOC)CC(=O)CCOCCOOOOOOO/C=C/CC(=O)CCN1C(=O)C=CC1=O. The number of ketones is 2. The van der Waals surface area contributed by atoms with Crippen LogP contribution >= 0.6 is 0 Å². The van der Waals surface area contributed by atoms with Crippen LogP contribution in [-0.4, -0.2) is 93.8 Å². The van der Waals surface area contributed by atoms with Crippen LogP contribution in [0.2, 0.25) is 0 Å². The van der Waals surface area contributed by atoms with E-state index in [0.717, 1.165) is 37.5 Å². The van der Waals surface area contributed by atoms with Crippen molar-refractivity contribution in [2.45, 2.75) is 25.7 Å². The molecule has 0 atom stereocenters. The van der Waals surface area contributed by atoms with E-state index in [1.807, 2.05) is 0 Å². The molecule has 0 spiro atoms. The third-order valence-corrected chi connectivity index (χ3v) is 5.47. The highest BCUT2D eigenvalue weighted by Crippen LogP contribution is 2.25. The number of ether oxygens (including phenoxy) is 1. The second-order valence-electron chi connectivity index (χ2n) is 9.37. The van der Waals surface area contributed by atoms with E-state index < -0.39 is 49.3 Å². The number of aliphatic hydroxyl groups is 1. The Hall–Kier alpha value is -3.60. The first kappa shape index (κ1) is 56.4. The summed E-state index contributed by atoms with van der Waals surface area (Å²) in [5.74, 6) is -1.86. The van der Waals surface area contributed by atoms with Crippen LogP contribution in [0.3, 0.4) is 0 Å². The third kappa shape index (κ3) is 33.0. The Labute approximate surface area is 339 Å². The molecule has 2 amide bonds. The monoisotopic (exact) mass is 935 g/mol. The normalized spacial score (nSPS) is 13.0. The molecule has 0 radical (unpaired) electrons. The molecule has 0 aromatic rings. The Morgan fingerprint density at radius 3 is 1.45 bits per heavy atom. The van der Waals surface area contributed by atoms with E-state index in [2.05, 4.69) is 165 Å². The van der Waals surface area contributed by atoms with Gasteiger partial charge in [-0.25, -0.2) is 24.4 Å². The van der Waals surface area contributed by atoms with Crippen molar-refractivity contribution >= 4 is 23.4 Å². The molecule has 62 heavy (non-hydrogen) atoms. The van der Waals surface area contributed by atoms with E-state index >= 15 is 0 Å². The predicted molar refractivity (Wildman–Crippen MR) is 146 cm³/mol. The van der Waals surface area contributed by atoms with Gasteiger partial charge in [-0.2, -0.15) is 0 Å². The minimum absolute atomic E-state index is 0.0630. The molecule has 0 unspecified atom stereocenters. The molecule has 0 saturated heterocycles. The average Bonchev–Trinajstić information content (AvgIpc) is 3.59. The molecule has 1 heterocycles. The van der Waals surface area contributed by atoms with Gasteiger partial charge in [0.25, 0.3) is 11.8 Å². The van der Waals surface area contributed by atoms with E-state index in [0.29, 0.717) is 0 Å². The van der Waals surface area contributed by atoms with Crippen LogP contribution in [0.15, 0.2) is 24.5 Å². The number of carbonyl (C=O) groups is 4.